The third-order valence-corrected chi connectivity index (χ3v) is 3.80. The standard InChI is InChI=1S/C17H20N2O/c1-20-16-8-6-15(7-9-16)19-12-10-14-4-2-3-5-17(14)18-11-13-19/h2-9,18H,10-13H2,1H3. The van der Waals surface area contributed by atoms with Gasteiger partial charge in [0, 0.05) is 31.0 Å². The van der Waals surface area contributed by atoms with E-state index >= 15 is 0 Å². The summed E-state index contributed by atoms with van der Waals surface area (Å²) in [7, 11) is 1.70. The minimum absolute atomic E-state index is 0.907. The number of fused-ring (bicyclic) bond motifs is 1. The smallest absolute Gasteiger partial charge is 0.119 e. The summed E-state index contributed by atoms with van der Waals surface area (Å²) in [6.45, 7) is 3.02. The van der Waals surface area contributed by atoms with Crippen LogP contribution >= 0.6 is 0 Å². The van der Waals surface area contributed by atoms with Crippen molar-refractivity contribution >= 4 is 11.4 Å². The van der Waals surface area contributed by atoms with Crippen LogP contribution in [0.1, 0.15) is 5.56 Å². The van der Waals surface area contributed by atoms with Crippen LogP contribution in [0, 0.1) is 0 Å². The van der Waals surface area contributed by atoms with Crippen molar-refractivity contribution in [2.24, 2.45) is 0 Å². The van der Waals surface area contributed by atoms with Gasteiger partial charge in [-0.15, -0.1) is 0 Å². The lowest BCUT2D eigenvalue weighted by molar-refractivity contribution is 0.415. The molecule has 0 spiro atoms. The predicted octanol–water partition coefficient (Wildman–Crippen LogP) is 3.17. The predicted molar refractivity (Wildman–Crippen MR) is 83.8 cm³/mol. The second-order valence-corrected chi connectivity index (χ2v) is 5.02. The summed E-state index contributed by atoms with van der Waals surface area (Å²) in [6.07, 6.45) is 1.06. The first-order valence-corrected chi connectivity index (χ1v) is 7.07. The molecule has 0 bridgehead atoms. The number of nitrogens with one attached hydrogen (secondary N) is 1. The lowest BCUT2D eigenvalue weighted by Gasteiger charge is -2.28. The van der Waals surface area contributed by atoms with Gasteiger partial charge in [-0.3, -0.25) is 0 Å². The lowest BCUT2D eigenvalue weighted by atomic mass is 10.1. The van der Waals surface area contributed by atoms with Gasteiger partial charge in [-0.25, -0.2) is 0 Å². The summed E-state index contributed by atoms with van der Waals surface area (Å²) in [4.78, 5) is 2.42. The van der Waals surface area contributed by atoms with E-state index in [-0.39, 0.29) is 0 Å². The van der Waals surface area contributed by atoms with Gasteiger partial charge in [-0.2, -0.15) is 0 Å². The van der Waals surface area contributed by atoms with Gasteiger partial charge in [0.2, 0.25) is 0 Å². The zero-order valence-corrected chi connectivity index (χ0v) is 11.8. The van der Waals surface area contributed by atoms with Crippen LogP contribution in [-0.4, -0.2) is 26.7 Å². The molecule has 0 aliphatic carbocycles. The normalized spacial score (nSPS) is 14.8. The minimum atomic E-state index is 0.907. The first kappa shape index (κ1) is 12.9. The molecule has 0 amide bonds. The van der Waals surface area contributed by atoms with Gasteiger partial charge in [0.1, 0.15) is 5.75 Å². The molecule has 0 radical (unpaired) electrons. The summed E-state index contributed by atoms with van der Waals surface area (Å²) in [6, 6.07) is 16.9. The van der Waals surface area contributed by atoms with Gasteiger partial charge in [0.25, 0.3) is 0 Å². The van der Waals surface area contributed by atoms with Crippen molar-refractivity contribution in [2.45, 2.75) is 6.42 Å². The number of nitrogens with zero attached hydrogens (tertiary/aromatic N) is 1. The second kappa shape index (κ2) is 5.87. The molecule has 2 aromatic carbocycles. The van der Waals surface area contributed by atoms with Crippen LogP contribution in [0.5, 0.6) is 5.75 Å². The molecule has 0 atom stereocenters. The van der Waals surface area contributed by atoms with E-state index in [0.29, 0.717) is 0 Å². The van der Waals surface area contributed by atoms with Crippen LogP contribution in [0.4, 0.5) is 11.4 Å². The Kier molecular flexibility index (Phi) is 3.77. The monoisotopic (exact) mass is 268 g/mol. The van der Waals surface area contributed by atoms with Gasteiger partial charge >= 0.3 is 0 Å². The lowest BCUT2D eigenvalue weighted by Crippen LogP contribution is -2.33. The zero-order chi connectivity index (χ0) is 13.8. The summed E-state index contributed by atoms with van der Waals surface area (Å²) < 4.78 is 5.22. The highest BCUT2D eigenvalue weighted by Gasteiger charge is 2.11. The van der Waals surface area contributed by atoms with Crippen molar-refractivity contribution in [2.75, 3.05) is 37.0 Å². The van der Waals surface area contributed by atoms with E-state index in [1.807, 2.05) is 12.1 Å². The molecule has 3 heteroatoms. The third kappa shape index (κ3) is 2.72. The first-order valence-electron chi connectivity index (χ1n) is 7.07. The van der Waals surface area contributed by atoms with Crippen LogP contribution in [0.15, 0.2) is 48.5 Å². The fraction of sp³-hybridized carbons (Fsp3) is 0.294. The van der Waals surface area contributed by atoms with Crippen LogP contribution in [0.2, 0.25) is 0 Å². The molecule has 0 saturated carbocycles. The molecule has 104 valence electrons. The van der Waals surface area contributed by atoms with Crippen molar-refractivity contribution in [3.63, 3.8) is 0 Å². The molecular weight excluding hydrogens is 248 g/mol. The minimum Gasteiger partial charge on any atom is -0.497 e. The maximum absolute atomic E-state index is 5.22. The van der Waals surface area contributed by atoms with Crippen molar-refractivity contribution < 1.29 is 4.74 Å². The first-order chi connectivity index (χ1) is 9.86. The molecule has 0 unspecified atom stereocenters. The van der Waals surface area contributed by atoms with Gasteiger partial charge in [-0.1, -0.05) is 18.2 Å². The molecule has 0 fully saturated rings. The molecule has 0 saturated heterocycles. The number of hydrogen-bond donors (Lipinski definition) is 1. The van der Waals surface area contributed by atoms with E-state index < -0.39 is 0 Å². The Labute approximate surface area is 120 Å². The third-order valence-electron chi connectivity index (χ3n) is 3.80. The molecule has 3 rings (SSSR count). The van der Waals surface area contributed by atoms with Gasteiger partial charge in [0.05, 0.1) is 7.11 Å². The Morgan fingerprint density at radius 3 is 2.60 bits per heavy atom. The summed E-state index contributed by atoms with van der Waals surface area (Å²) in [5, 5.41) is 3.52. The number of para-hydroxylation sites is 1. The Bertz CT molecular complexity index is 565. The summed E-state index contributed by atoms with van der Waals surface area (Å²) in [5.74, 6) is 0.907. The number of rotatable bonds is 2. The molecule has 3 nitrogen and oxygen atoms in total. The van der Waals surface area contributed by atoms with E-state index in [0.717, 1.165) is 31.8 Å². The quantitative estimate of drug-likeness (QED) is 0.905. The molecule has 20 heavy (non-hydrogen) atoms. The zero-order valence-electron chi connectivity index (χ0n) is 11.8. The largest absolute Gasteiger partial charge is 0.497 e. The van der Waals surface area contributed by atoms with Crippen LogP contribution in [0.3, 0.4) is 0 Å². The highest BCUT2D eigenvalue weighted by molar-refractivity contribution is 5.54. The molecule has 1 aliphatic rings. The molecule has 0 aromatic heterocycles. The van der Waals surface area contributed by atoms with E-state index in [4.69, 9.17) is 4.74 Å². The van der Waals surface area contributed by atoms with Crippen molar-refractivity contribution in [3.8, 4) is 5.75 Å². The fourth-order valence-corrected chi connectivity index (χ4v) is 2.65. The highest BCUT2D eigenvalue weighted by atomic mass is 16.5. The SMILES string of the molecule is COc1ccc(N2CCNc3ccccc3CC2)cc1. The summed E-state index contributed by atoms with van der Waals surface area (Å²) >= 11 is 0. The van der Waals surface area contributed by atoms with Crippen LogP contribution in [-0.2, 0) is 6.42 Å². The Hall–Kier alpha value is -2.16. The average Bonchev–Trinajstić information content (AvgIpc) is 2.48. The maximum Gasteiger partial charge on any atom is 0.119 e. The second-order valence-electron chi connectivity index (χ2n) is 5.02. The highest BCUT2D eigenvalue weighted by Crippen LogP contribution is 2.22. The number of hydrogen-bond acceptors (Lipinski definition) is 3. The van der Waals surface area contributed by atoms with Gasteiger partial charge < -0.3 is 15.0 Å². The molecular formula is C17H20N2O. The molecule has 2 aromatic rings. The van der Waals surface area contributed by atoms with E-state index in [1.165, 1.54) is 16.9 Å². The van der Waals surface area contributed by atoms with Crippen molar-refractivity contribution in [3.05, 3.63) is 54.1 Å². The Balaban J connectivity index is 1.76. The Morgan fingerprint density at radius 2 is 1.80 bits per heavy atom. The molecule has 1 aliphatic heterocycles. The topological polar surface area (TPSA) is 24.5 Å². The molecule has 1 heterocycles. The average molecular weight is 268 g/mol. The van der Waals surface area contributed by atoms with Gasteiger partial charge in [0.15, 0.2) is 0 Å². The number of methoxy groups -OCH3 is 1. The van der Waals surface area contributed by atoms with Crippen LogP contribution in [0.25, 0.3) is 0 Å². The van der Waals surface area contributed by atoms with Crippen LogP contribution < -0.4 is 15.0 Å². The summed E-state index contributed by atoms with van der Waals surface area (Å²) in [5.41, 5.74) is 3.93. The number of ether oxygens (including phenoxy) is 1. The number of anilines is 2. The van der Waals surface area contributed by atoms with E-state index in [9.17, 15) is 0 Å². The Morgan fingerprint density at radius 1 is 1.00 bits per heavy atom. The van der Waals surface area contributed by atoms with E-state index in [1.54, 1.807) is 7.11 Å². The van der Waals surface area contributed by atoms with Crippen molar-refractivity contribution in [1.29, 1.82) is 0 Å². The maximum atomic E-state index is 5.22. The number of benzene rings is 2. The molecule has 1 N–H and O–H groups in total. The van der Waals surface area contributed by atoms with Gasteiger partial charge in [-0.05, 0) is 42.3 Å². The van der Waals surface area contributed by atoms with E-state index in [2.05, 4.69) is 46.6 Å². The van der Waals surface area contributed by atoms with Crippen molar-refractivity contribution in [1.82, 2.24) is 0 Å². The fourth-order valence-electron chi connectivity index (χ4n) is 2.65.